The molecule has 2 atom stereocenters. The number of nitrogens with two attached hydrogens (primary N) is 1. The monoisotopic (exact) mass is 563 g/mol. The summed E-state index contributed by atoms with van der Waals surface area (Å²) in [6.45, 7) is 1.58. The third kappa shape index (κ3) is 5.64. The molecule has 5 rings (SSSR count). The molecule has 0 radical (unpaired) electrons. The molecule has 0 saturated carbocycles. The maximum absolute atomic E-state index is 14.1. The number of anilines is 2. The van der Waals surface area contributed by atoms with Gasteiger partial charge in [0.05, 0.1) is 5.56 Å². The minimum Gasteiger partial charge on any atom is -0.480 e. The van der Waals surface area contributed by atoms with Crippen LogP contribution in [0.25, 0.3) is 11.1 Å². The average Bonchev–Trinajstić information content (AvgIpc) is 3.31. The number of halogens is 5. The molecular weight excluding hydrogens is 537 g/mol. The molecule has 40 heavy (non-hydrogen) atoms. The SMILES string of the molecule is Nc1nc(O[C@H](c2ccc(-c3c(F)cccc3F)cc2)C(F)(F)F)cc(N2CCC3(CC2)CNC(C(=O)O)C3)n1. The zero-order valence-electron chi connectivity index (χ0n) is 21.1. The molecule has 1 aromatic heterocycles. The van der Waals surface area contributed by atoms with Gasteiger partial charge >= 0.3 is 12.1 Å². The van der Waals surface area contributed by atoms with E-state index >= 15 is 0 Å². The van der Waals surface area contributed by atoms with Crippen LogP contribution in [0.2, 0.25) is 0 Å². The normalized spacial score (nSPS) is 19.5. The first-order valence-electron chi connectivity index (χ1n) is 12.6. The minimum absolute atomic E-state index is 0.0730. The van der Waals surface area contributed by atoms with Gasteiger partial charge < -0.3 is 25.8 Å². The second-order valence-electron chi connectivity index (χ2n) is 10.1. The predicted molar refractivity (Wildman–Crippen MR) is 136 cm³/mol. The molecule has 1 spiro atoms. The van der Waals surface area contributed by atoms with Gasteiger partial charge in [0.1, 0.15) is 23.5 Å². The quantitative estimate of drug-likeness (QED) is 0.370. The maximum atomic E-state index is 14.1. The molecule has 8 nitrogen and oxygen atoms in total. The summed E-state index contributed by atoms with van der Waals surface area (Å²) in [5, 5.41) is 12.3. The van der Waals surface area contributed by atoms with Gasteiger partial charge in [-0.1, -0.05) is 30.3 Å². The van der Waals surface area contributed by atoms with Crippen LogP contribution in [0.5, 0.6) is 5.88 Å². The number of benzene rings is 2. The number of piperidine rings is 1. The summed E-state index contributed by atoms with van der Waals surface area (Å²) in [6.07, 6.45) is -5.44. The van der Waals surface area contributed by atoms with Crippen molar-refractivity contribution in [1.29, 1.82) is 0 Å². The first-order valence-corrected chi connectivity index (χ1v) is 12.6. The molecule has 212 valence electrons. The van der Waals surface area contributed by atoms with Crippen molar-refractivity contribution >= 4 is 17.7 Å². The zero-order chi connectivity index (χ0) is 28.7. The topological polar surface area (TPSA) is 114 Å². The standard InChI is InChI=1S/C27H26F5N5O3/c28-17-2-1-3-18(29)22(17)15-4-6-16(7-5-15)23(27(30,31)32)40-21-12-20(35-25(33)36-21)37-10-8-26(9-11-37)13-19(24(38)39)34-14-26/h1-7,12,19,23,34H,8-11,13-14H2,(H,38,39)(H2,33,35,36)/t19?,23-/m1/s1. The Balaban J connectivity index is 1.34. The highest BCUT2D eigenvalue weighted by atomic mass is 19.4. The summed E-state index contributed by atoms with van der Waals surface area (Å²) in [5.74, 6) is -2.93. The van der Waals surface area contributed by atoms with Crippen LogP contribution in [0.1, 0.15) is 30.9 Å². The number of hydrogen-bond acceptors (Lipinski definition) is 7. The molecule has 3 heterocycles. The Kier molecular flexibility index (Phi) is 7.25. The number of aromatic nitrogens is 2. The fraction of sp³-hybridized carbons (Fsp3) is 0.370. The second-order valence-corrected chi connectivity index (χ2v) is 10.1. The number of carboxylic acids is 1. The van der Waals surface area contributed by atoms with E-state index in [0.29, 0.717) is 44.7 Å². The molecular formula is C27H26F5N5O3. The zero-order valence-corrected chi connectivity index (χ0v) is 21.1. The average molecular weight is 564 g/mol. The molecule has 2 aromatic carbocycles. The highest BCUT2D eigenvalue weighted by Gasteiger charge is 2.45. The van der Waals surface area contributed by atoms with Gasteiger partial charge in [0.15, 0.2) is 0 Å². The van der Waals surface area contributed by atoms with E-state index in [4.69, 9.17) is 10.5 Å². The molecule has 13 heteroatoms. The number of nitrogen functional groups attached to an aromatic ring is 1. The van der Waals surface area contributed by atoms with Crippen molar-refractivity contribution in [2.24, 2.45) is 5.41 Å². The summed E-state index contributed by atoms with van der Waals surface area (Å²) in [6, 6.07) is 8.56. The van der Waals surface area contributed by atoms with Crippen molar-refractivity contribution in [3.63, 3.8) is 0 Å². The summed E-state index contributed by atoms with van der Waals surface area (Å²) in [5.41, 5.74) is 5.07. The smallest absolute Gasteiger partial charge is 0.429 e. The summed E-state index contributed by atoms with van der Waals surface area (Å²) >= 11 is 0. The van der Waals surface area contributed by atoms with Crippen LogP contribution in [0.4, 0.5) is 33.7 Å². The predicted octanol–water partition coefficient (Wildman–Crippen LogP) is 4.72. The molecule has 0 bridgehead atoms. The number of nitrogens with one attached hydrogen (secondary N) is 1. The van der Waals surface area contributed by atoms with Crippen LogP contribution in [0.15, 0.2) is 48.5 Å². The lowest BCUT2D eigenvalue weighted by Crippen LogP contribution is -2.41. The highest BCUT2D eigenvalue weighted by molar-refractivity contribution is 5.74. The second kappa shape index (κ2) is 10.5. The number of hydrogen-bond donors (Lipinski definition) is 3. The van der Waals surface area contributed by atoms with E-state index in [2.05, 4.69) is 15.3 Å². The fourth-order valence-electron chi connectivity index (χ4n) is 5.38. The molecule has 2 aliphatic heterocycles. The highest BCUT2D eigenvalue weighted by Crippen LogP contribution is 2.41. The Morgan fingerprint density at radius 1 is 1.10 bits per heavy atom. The molecule has 2 aliphatic rings. The van der Waals surface area contributed by atoms with Gasteiger partial charge in [-0.3, -0.25) is 4.79 Å². The number of ether oxygens (including phenoxy) is 1. The number of alkyl halides is 3. The van der Waals surface area contributed by atoms with Crippen LogP contribution in [0.3, 0.4) is 0 Å². The molecule has 2 fully saturated rings. The van der Waals surface area contributed by atoms with E-state index in [1.54, 1.807) is 0 Å². The van der Waals surface area contributed by atoms with E-state index in [1.165, 1.54) is 24.3 Å². The van der Waals surface area contributed by atoms with Gasteiger partial charge in [-0.15, -0.1) is 0 Å². The number of carboxylic acid groups (broad SMARTS) is 1. The van der Waals surface area contributed by atoms with Crippen LogP contribution in [-0.2, 0) is 4.79 Å². The Labute approximate surface area is 226 Å². The van der Waals surface area contributed by atoms with Gasteiger partial charge in [-0.2, -0.15) is 23.1 Å². The van der Waals surface area contributed by atoms with Gasteiger partial charge in [0.25, 0.3) is 0 Å². The van der Waals surface area contributed by atoms with Gasteiger partial charge in [-0.05, 0) is 42.4 Å². The molecule has 3 aromatic rings. The van der Waals surface area contributed by atoms with Crippen molar-refractivity contribution < 1.29 is 36.6 Å². The van der Waals surface area contributed by atoms with Gasteiger partial charge in [-0.25, -0.2) is 8.78 Å². The molecule has 4 N–H and O–H groups in total. The van der Waals surface area contributed by atoms with Crippen molar-refractivity contribution in [3.05, 3.63) is 65.7 Å². The van der Waals surface area contributed by atoms with E-state index in [0.717, 1.165) is 24.3 Å². The third-order valence-electron chi connectivity index (χ3n) is 7.51. The van der Waals surface area contributed by atoms with Crippen molar-refractivity contribution in [2.45, 2.75) is 37.6 Å². The molecule has 0 amide bonds. The number of aliphatic carboxylic acids is 1. The Morgan fingerprint density at radius 2 is 1.75 bits per heavy atom. The summed E-state index contributed by atoms with van der Waals surface area (Å²) < 4.78 is 75.8. The van der Waals surface area contributed by atoms with Crippen LogP contribution in [-0.4, -0.2) is 52.9 Å². The number of nitrogens with zero attached hydrogens (tertiary/aromatic N) is 3. The lowest BCUT2D eigenvalue weighted by molar-refractivity contribution is -0.198. The van der Waals surface area contributed by atoms with E-state index in [1.807, 2.05) is 4.90 Å². The lowest BCUT2D eigenvalue weighted by atomic mass is 9.76. The lowest BCUT2D eigenvalue weighted by Gasteiger charge is -2.39. The molecule has 1 unspecified atom stereocenters. The molecule has 2 saturated heterocycles. The third-order valence-corrected chi connectivity index (χ3v) is 7.51. The first-order chi connectivity index (χ1) is 18.9. The molecule has 0 aliphatic carbocycles. The van der Waals surface area contributed by atoms with Crippen LogP contribution in [0, 0.1) is 17.0 Å². The van der Waals surface area contributed by atoms with Gasteiger partial charge in [0.2, 0.25) is 17.9 Å². The fourth-order valence-corrected chi connectivity index (χ4v) is 5.38. The summed E-state index contributed by atoms with van der Waals surface area (Å²) in [4.78, 5) is 21.2. The Hall–Kier alpha value is -4.00. The Bertz CT molecular complexity index is 1370. The number of carbonyl (C=O) groups is 1. The Morgan fingerprint density at radius 3 is 2.33 bits per heavy atom. The largest absolute Gasteiger partial charge is 0.480 e. The number of rotatable bonds is 6. The first kappa shape index (κ1) is 27.6. The maximum Gasteiger partial charge on any atom is 0.429 e. The van der Waals surface area contributed by atoms with Crippen molar-refractivity contribution in [2.75, 3.05) is 30.3 Å². The van der Waals surface area contributed by atoms with Crippen LogP contribution < -0.4 is 20.7 Å². The van der Waals surface area contributed by atoms with E-state index in [9.17, 15) is 31.9 Å². The minimum atomic E-state index is -4.85. The van der Waals surface area contributed by atoms with E-state index < -0.39 is 35.9 Å². The summed E-state index contributed by atoms with van der Waals surface area (Å²) in [7, 11) is 0. The van der Waals surface area contributed by atoms with Gasteiger partial charge in [0, 0.05) is 31.3 Å². The van der Waals surface area contributed by atoms with Crippen LogP contribution >= 0.6 is 0 Å². The van der Waals surface area contributed by atoms with Crippen molar-refractivity contribution in [3.8, 4) is 17.0 Å². The van der Waals surface area contributed by atoms with E-state index in [-0.39, 0.29) is 33.9 Å². The van der Waals surface area contributed by atoms with Crippen molar-refractivity contribution in [1.82, 2.24) is 15.3 Å².